The lowest BCUT2D eigenvalue weighted by molar-refractivity contribution is -0.218. The van der Waals surface area contributed by atoms with Crippen LogP contribution in [0, 0.1) is 34.5 Å². The third-order valence-electron chi connectivity index (χ3n) is 8.62. The summed E-state index contributed by atoms with van der Waals surface area (Å²) in [5, 5.41) is 20.6. The Kier molecular flexibility index (Phi) is 3.61. The van der Waals surface area contributed by atoms with Crippen LogP contribution in [0.25, 0.3) is 0 Å². The van der Waals surface area contributed by atoms with Crippen molar-refractivity contribution in [1.29, 1.82) is 0 Å². The molecule has 3 heteroatoms. The van der Waals surface area contributed by atoms with Gasteiger partial charge in [-0.05, 0) is 86.5 Å². The fraction of sp³-hybridized carbons (Fsp3) is 0.857. The van der Waals surface area contributed by atoms with E-state index in [1.165, 1.54) is 18.4 Å². The van der Waals surface area contributed by atoms with Crippen LogP contribution in [0.2, 0.25) is 0 Å². The van der Waals surface area contributed by atoms with Crippen molar-refractivity contribution in [3.05, 3.63) is 11.6 Å². The maximum atomic E-state index is 11.9. The second-order valence-corrected chi connectivity index (χ2v) is 9.74. The van der Waals surface area contributed by atoms with Gasteiger partial charge in [-0.1, -0.05) is 19.4 Å². The van der Waals surface area contributed by atoms with E-state index in [4.69, 9.17) is 0 Å². The SMILES string of the molecule is CC(O)(O)[C@H]1CC[C@H]2[C@@H]3CCC4=CC(=O)CC[C@]4(C)[C@H]3CC[C@]12C. The van der Waals surface area contributed by atoms with Crippen LogP contribution < -0.4 is 0 Å². The smallest absolute Gasteiger partial charge is 0.163 e. The molecule has 0 spiro atoms. The Morgan fingerprint density at radius 2 is 1.79 bits per heavy atom. The summed E-state index contributed by atoms with van der Waals surface area (Å²) in [6.07, 6.45) is 10.3. The summed E-state index contributed by atoms with van der Waals surface area (Å²) in [5.41, 5.74) is 1.67. The first-order valence-corrected chi connectivity index (χ1v) is 9.85. The molecule has 0 heterocycles. The van der Waals surface area contributed by atoms with Gasteiger partial charge < -0.3 is 10.2 Å². The number of carbonyl (C=O) groups excluding carboxylic acids is 1. The summed E-state index contributed by atoms with van der Waals surface area (Å²) < 4.78 is 0. The van der Waals surface area contributed by atoms with Crippen LogP contribution in [0.15, 0.2) is 11.6 Å². The predicted molar refractivity (Wildman–Crippen MR) is 93.0 cm³/mol. The number of hydrogen-bond donors (Lipinski definition) is 2. The van der Waals surface area contributed by atoms with E-state index in [1.54, 1.807) is 6.92 Å². The number of fused-ring (bicyclic) bond motifs is 5. The molecule has 3 nitrogen and oxygen atoms in total. The van der Waals surface area contributed by atoms with E-state index >= 15 is 0 Å². The van der Waals surface area contributed by atoms with Crippen molar-refractivity contribution in [2.45, 2.75) is 77.9 Å². The van der Waals surface area contributed by atoms with Crippen LogP contribution >= 0.6 is 0 Å². The lowest BCUT2D eigenvalue weighted by Crippen LogP contribution is -2.53. The van der Waals surface area contributed by atoms with Gasteiger partial charge in [0.1, 0.15) is 0 Å². The Hall–Kier alpha value is -0.670. The third kappa shape index (κ3) is 2.20. The first-order valence-electron chi connectivity index (χ1n) is 9.85. The number of aliphatic hydroxyl groups is 2. The van der Waals surface area contributed by atoms with Gasteiger partial charge in [-0.2, -0.15) is 0 Å². The van der Waals surface area contributed by atoms with E-state index in [-0.39, 0.29) is 16.7 Å². The fourth-order valence-corrected chi connectivity index (χ4v) is 7.46. The van der Waals surface area contributed by atoms with Crippen molar-refractivity contribution in [2.24, 2.45) is 34.5 Å². The highest BCUT2D eigenvalue weighted by molar-refractivity contribution is 5.91. The van der Waals surface area contributed by atoms with Crippen molar-refractivity contribution < 1.29 is 15.0 Å². The minimum Gasteiger partial charge on any atom is -0.366 e. The molecule has 0 saturated heterocycles. The molecule has 6 atom stereocenters. The van der Waals surface area contributed by atoms with E-state index < -0.39 is 5.79 Å². The summed E-state index contributed by atoms with van der Waals surface area (Å²) in [6.45, 7) is 6.29. The molecule has 0 aromatic heterocycles. The molecule has 4 aliphatic carbocycles. The van der Waals surface area contributed by atoms with Crippen molar-refractivity contribution in [3.63, 3.8) is 0 Å². The molecular formula is C21H32O3. The standard InChI is InChI=1S/C21H32O3/c1-19-10-8-14(22)12-13(19)4-5-15-16-6-7-18(21(3,23)24)20(16,2)11-9-17(15)19/h12,15-18,23-24H,4-11H2,1-3H3/t15-,16-,17-,18-,19-,20-/m0/s1. The van der Waals surface area contributed by atoms with Crippen molar-refractivity contribution >= 4 is 5.78 Å². The van der Waals surface area contributed by atoms with Gasteiger partial charge in [0, 0.05) is 12.3 Å². The summed E-state index contributed by atoms with van der Waals surface area (Å²) in [5.74, 6) is 0.720. The summed E-state index contributed by atoms with van der Waals surface area (Å²) in [6, 6.07) is 0. The normalized spacial score (nSPS) is 48.4. The molecule has 0 bridgehead atoms. The van der Waals surface area contributed by atoms with Crippen LogP contribution in [0.3, 0.4) is 0 Å². The quantitative estimate of drug-likeness (QED) is 0.717. The Balaban J connectivity index is 1.66. The van der Waals surface area contributed by atoms with Crippen LogP contribution in [0.5, 0.6) is 0 Å². The van der Waals surface area contributed by atoms with E-state index in [9.17, 15) is 15.0 Å². The zero-order valence-corrected chi connectivity index (χ0v) is 15.3. The Morgan fingerprint density at radius 1 is 1.04 bits per heavy atom. The molecule has 134 valence electrons. The van der Waals surface area contributed by atoms with Crippen LogP contribution in [-0.4, -0.2) is 21.8 Å². The molecule has 24 heavy (non-hydrogen) atoms. The minimum atomic E-state index is -1.56. The molecule has 0 aromatic carbocycles. The number of allylic oxidation sites excluding steroid dienone is 1. The highest BCUT2D eigenvalue weighted by atomic mass is 16.5. The average molecular weight is 332 g/mol. The van der Waals surface area contributed by atoms with Crippen molar-refractivity contribution in [3.8, 4) is 0 Å². The summed E-state index contributed by atoms with van der Waals surface area (Å²) in [7, 11) is 0. The van der Waals surface area contributed by atoms with Gasteiger partial charge in [-0.25, -0.2) is 0 Å². The van der Waals surface area contributed by atoms with Crippen LogP contribution in [0.1, 0.15) is 72.1 Å². The first kappa shape index (κ1) is 16.8. The Morgan fingerprint density at radius 3 is 2.50 bits per heavy atom. The van der Waals surface area contributed by atoms with Crippen molar-refractivity contribution in [2.75, 3.05) is 0 Å². The number of carbonyl (C=O) groups is 1. The van der Waals surface area contributed by atoms with E-state index in [0.29, 0.717) is 30.0 Å². The molecule has 4 rings (SSSR count). The molecule has 4 aliphatic rings. The largest absolute Gasteiger partial charge is 0.366 e. The van der Waals surface area contributed by atoms with Gasteiger partial charge in [0.05, 0.1) is 0 Å². The van der Waals surface area contributed by atoms with Gasteiger partial charge in [0.25, 0.3) is 0 Å². The second kappa shape index (κ2) is 5.17. The topological polar surface area (TPSA) is 57.5 Å². The molecule has 3 fully saturated rings. The van der Waals surface area contributed by atoms with E-state index in [2.05, 4.69) is 13.8 Å². The maximum Gasteiger partial charge on any atom is 0.163 e. The zero-order chi connectivity index (χ0) is 17.3. The fourth-order valence-electron chi connectivity index (χ4n) is 7.46. The van der Waals surface area contributed by atoms with Crippen LogP contribution in [-0.2, 0) is 4.79 Å². The monoisotopic (exact) mass is 332 g/mol. The lowest BCUT2D eigenvalue weighted by atomic mass is 9.46. The van der Waals surface area contributed by atoms with Crippen LogP contribution in [0.4, 0.5) is 0 Å². The maximum absolute atomic E-state index is 11.9. The van der Waals surface area contributed by atoms with Gasteiger partial charge in [-0.15, -0.1) is 0 Å². The third-order valence-corrected chi connectivity index (χ3v) is 8.62. The van der Waals surface area contributed by atoms with Gasteiger partial charge >= 0.3 is 0 Å². The van der Waals surface area contributed by atoms with Crippen molar-refractivity contribution in [1.82, 2.24) is 0 Å². The second-order valence-electron chi connectivity index (χ2n) is 9.74. The zero-order valence-electron chi connectivity index (χ0n) is 15.3. The summed E-state index contributed by atoms with van der Waals surface area (Å²) >= 11 is 0. The highest BCUT2D eigenvalue weighted by Crippen LogP contribution is 2.67. The molecule has 0 unspecified atom stereocenters. The summed E-state index contributed by atoms with van der Waals surface area (Å²) in [4.78, 5) is 11.9. The molecular weight excluding hydrogens is 300 g/mol. The average Bonchev–Trinajstić information content (AvgIpc) is 2.85. The molecule has 3 saturated carbocycles. The Labute approximate surface area is 145 Å². The van der Waals surface area contributed by atoms with Gasteiger partial charge in [0.2, 0.25) is 0 Å². The lowest BCUT2D eigenvalue weighted by Gasteiger charge is -2.58. The first-order chi connectivity index (χ1) is 11.2. The molecule has 2 N–H and O–H groups in total. The highest BCUT2D eigenvalue weighted by Gasteiger charge is 2.61. The number of ketones is 1. The molecule has 0 radical (unpaired) electrons. The number of rotatable bonds is 1. The predicted octanol–water partition coefficient (Wildman–Crippen LogP) is 3.84. The molecule has 0 amide bonds. The Bertz CT molecular complexity index is 586. The van der Waals surface area contributed by atoms with Gasteiger partial charge in [-0.3, -0.25) is 4.79 Å². The van der Waals surface area contributed by atoms with E-state index in [1.807, 2.05) is 6.08 Å². The molecule has 0 aromatic rings. The molecule has 0 aliphatic heterocycles. The van der Waals surface area contributed by atoms with E-state index in [0.717, 1.165) is 32.1 Å². The van der Waals surface area contributed by atoms with Gasteiger partial charge in [0.15, 0.2) is 11.6 Å². The number of hydrogen-bond acceptors (Lipinski definition) is 3. The minimum absolute atomic E-state index is 0.00590.